The highest BCUT2D eigenvalue weighted by molar-refractivity contribution is 7.80. The summed E-state index contributed by atoms with van der Waals surface area (Å²) in [6, 6.07) is 13.3. The largest absolute Gasteiger partial charge is 0.495 e. The minimum atomic E-state index is -0.268. The molecule has 0 unspecified atom stereocenters. The Kier molecular flexibility index (Phi) is 6.38. The molecule has 3 heterocycles. The van der Waals surface area contributed by atoms with Gasteiger partial charge in [-0.3, -0.25) is 9.78 Å². The Morgan fingerprint density at radius 1 is 1.25 bits per heavy atom. The number of nitrogens with zero attached hydrogens (tertiary/aromatic N) is 3. The van der Waals surface area contributed by atoms with Crippen LogP contribution in [0.15, 0.2) is 61.1 Å². The van der Waals surface area contributed by atoms with Crippen molar-refractivity contribution in [1.29, 1.82) is 0 Å². The van der Waals surface area contributed by atoms with Crippen LogP contribution in [0.5, 0.6) is 5.75 Å². The molecule has 0 spiro atoms. The lowest BCUT2D eigenvalue weighted by Gasteiger charge is -2.28. The summed E-state index contributed by atoms with van der Waals surface area (Å²) in [5, 5.41) is 6.86. The molecule has 1 amide bonds. The first-order chi connectivity index (χ1) is 15.5. The van der Waals surface area contributed by atoms with Crippen LogP contribution in [0, 0.1) is 0 Å². The Hall–Kier alpha value is -3.43. The van der Waals surface area contributed by atoms with E-state index in [0.29, 0.717) is 16.5 Å². The molecule has 166 valence electrons. The number of nitrogens with one attached hydrogen (secondary N) is 2. The summed E-state index contributed by atoms with van der Waals surface area (Å²) in [6.07, 6.45) is 5.87. The van der Waals surface area contributed by atoms with Crippen LogP contribution in [0.25, 0.3) is 0 Å². The van der Waals surface area contributed by atoms with Crippen molar-refractivity contribution in [3.63, 3.8) is 0 Å². The monoisotopic (exact) mass is 451 g/mol. The summed E-state index contributed by atoms with van der Waals surface area (Å²) in [5.41, 5.74) is 3.36. The number of methoxy groups -OCH3 is 2. The van der Waals surface area contributed by atoms with Gasteiger partial charge < -0.3 is 29.6 Å². The van der Waals surface area contributed by atoms with Crippen molar-refractivity contribution < 1.29 is 14.3 Å². The first-order valence-electron chi connectivity index (χ1n) is 10.1. The van der Waals surface area contributed by atoms with Gasteiger partial charge in [0.05, 0.1) is 30.6 Å². The molecule has 8 nitrogen and oxygen atoms in total. The number of amides is 1. The Bertz CT molecular complexity index is 1120. The van der Waals surface area contributed by atoms with E-state index < -0.39 is 0 Å². The summed E-state index contributed by atoms with van der Waals surface area (Å²) in [7, 11) is 5.03. The molecule has 1 aliphatic rings. The van der Waals surface area contributed by atoms with Gasteiger partial charge >= 0.3 is 0 Å². The molecule has 0 saturated carbocycles. The highest BCUT2D eigenvalue weighted by Gasteiger charge is 2.41. The molecule has 1 saturated heterocycles. The summed E-state index contributed by atoms with van der Waals surface area (Å²) in [5.74, 6) is 0.282. The van der Waals surface area contributed by atoms with E-state index in [0.717, 1.165) is 16.9 Å². The van der Waals surface area contributed by atoms with E-state index in [9.17, 15) is 4.79 Å². The van der Waals surface area contributed by atoms with Crippen molar-refractivity contribution in [2.45, 2.75) is 12.1 Å². The molecule has 2 aromatic heterocycles. The van der Waals surface area contributed by atoms with E-state index in [1.165, 1.54) is 7.11 Å². The molecule has 0 bridgehead atoms. The second kappa shape index (κ2) is 9.37. The van der Waals surface area contributed by atoms with Crippen molar-refractivity contribution in [1.82, 2.24) is 14.9 Å². The average Bonchev–Trinajstić information content (AvgIpc) is 3.37. The van der Waals surface area contributed by atoms with Crippen LogP contribution in [0.1, 0.15) is 23.3 Å². The highest BCUT2D eigenvalue weighted by atomic mass is 32.1. The number of aromatic nitrogens is 2. The highest BCUT2D eigenvalue weighted by Crippen LogP contribution is 2.43. The normalized spacial score (nSPS) is 17.8. The Morgan fingerprint density at radius 3 is 2.75 bits per heavy atom. The van der Waals surface area contributed by atoms with Gasteiger partial charge in [0.1, 0.15) is 12.4 Å². The molecule has 3 aromatic rings. The van der Waals surface area contributed by atoms with Crippen molar-refractivity contribution in [2.24, 2.45) is 7.05 Å². The van der Waals surface area contributed by atoms with Gasteiger partial charge in [0, 0.05) is 38.4 Å². The van der Waals surface area contributed by atoms with E-state index in [1.54, 1.807) is 13.3 Å². The van der Waals surface area contributed by atoms with E-state index >= 15 is 0 Å². The summed E-state index contributed by atoms with van der Waals surface area (Å²) < 4.78 is 12.4. The van der Waals surface area contributed by atoms with E-state index in [2.05, 4.69) is 32.8 Å². The summed E-state index contributed by atoms with van der Waals surface area (Å²) in [6.45, 7) is -0.0501. The standard InChI is InChI=1S/C23H25N5O3S/c1-27-11-9-15(13-27)22-21(17-6-4-5-10-24-17)26-23(32)28(22)16-7-8-19(31-3)18(12-16)25-20(29)14-30-2/h4-13,21-22H,14H2,1-3H3,(H,25,29)(H,26,32)/t21-,22+/m0/s1. The predicted molar refractivity (Wildman–Crippen MR) is 127 cm³/mol. The van der Waals surface area contributed by atoms with Gasteiger partial charge in [0.2, 0.25) is 5.91 Å². The van der Waals surface area contributed by atoms with Crippen LogP contribution in [0.3, 0.4) is 0 Å². The lowest BCUT2D eigenvalue weighted by Crippen LogP contribution is -2.29. The number of hydrogen-bond acceptors (Lipinski definition) is 5. The number of hydrogen-bond donors (Lipinski definition) is 2. The third kappa shape index (κ3) is 4.30. The Morgan fingerprint density at radius 2 is 2.09 bits per heavy atom. The number of benzene rings is 1. The second-order valence-electron chi connectivity index (χ2n) is 7.47. The van der Waals surface area contributed by atoms with Crippen LogP contribution in [0.2, 0.25) is 0 Å². The maximum Gasteiger partial charge on any atom is 0.250 e. The topological polar surface area (TPSA) is 80.7 Å². The number of pyridine rings is 1. The minimum absolute atomic E-state index is 0.0501. The average molecular weight is 452 g/mol. The molecule has 1 fully saturated rings. The number of carbonyl (C=O) groups excluding carboxylic acids is 1. The van der Waals surface area contributed by atoms with Crippen LogP contribution in [-0.2, 0) is 16.6 Å². The number of ether oxygens (including phenoxy) is 2. The maximum atomic E-state index is 12.1. The second-order valence-corrected chi connectivity index (χ2v) is 7.86. The van der Waals surface area contributed by atoms with Crippen molar-refractivity contribution >= 4 is 34.6 Å². The van der Waals surface area contributed by atoms with Crippen molar-refractivity contribution in [3.8, 4) is 5.75 Å². The molecule has 1 aliphatic heterocycles. The fraction of sp³-hybridized carbons (Fsp3) is 0.261. The fourth-order valence-electron chi connectivity index (χ4n) is 3.93. The third-order valence-electron chi connectivity index (χ3n) is 5.31. The van der Waals surface area contributed by atoms with Gasteiger partial charge in [-0.15, -0.1) is 0 Å². The first kappa shape index (κ1) is 21.8. The molecule has 2 N–H and O–H groups in total. The van der Waals surface area contributed by atoms with Gasteiger partial charge in [0.25, 0.3) is 0 Å². The number of anilines is 2. The lowest BCUT2D eigenvalue weighted by atomic mass is 9.98. The SMILES string of the molecule is COCC(=O)Nc1cc(N2C(=S)N[C@@H](c3ccccn3)[C@H]2c2ccn(C)c2)ccc1OC. The summed E-state index contributed by atoms with van der Waals surface area (Å²) in [4.78, 5) is 18.8. The quantitative estimate of drug-likeness (QED) is 0.534. The molecular weight excluding hydrogens is 426 g/mol. The molecule has 0 aliphatic carbocycles. The van der Waals surface area contributed by atoms with E-state index in [4.69, 9.17) is 21.7 Å². The van der Waals surface area contributed by atoms with Crippen molar-refractivity contribution in [2.75, 3.05) is 31.0 Å². The van der Waals surface area contributed by atoms with Crippen LogP contribution in [0.4, 0.5) is 11.4 Å². The van der Waals surface area contributed by atoms with Crippen LogP contribution >= 0.6 is 12.2 Å². The number of aryl methyl sites for hydroxylation is 1. The molecule has 2 atom stereocenters. The van der Waals surface area contributed by atoms with E-state index in [-0.39, 0.29) is 24.6 Å². The fourth-order valence-corrected chi connectivity index (χ4v) is 4.28. The zero-order valence-corrected chi connectivity index (χ0v) is 18.9. The molecule has 9 heteroatoms. The van der Waals surface area contributed by atoms with Gasteiger partial charge in [-0.25, -0.2) is 0 Å². The van der Waals surface area contributed by atoms with Gasteiger partial charge in [-0.1, -0.05) is 6.07 Å². The van der Waals surface area contributed by atoms with Gasteiger partial charge in [-0.05, 0) is 54.2 Å². The predicted octanol–water partition coefficient (Wildman–Crippen LogP) is 3.19. The molecular formula is C23H25N5O3S. The maximum absolute atomic E-state index is 12.1. The van der Waals surface area contributed by atoms with E-state index in [1.807, 2.05) is 54.2 Å². The lowest BCUT2D eigenvalue weighted by molar-refractivity contribution is -0.119. The third-order valence-corrected chi connectivity index (χ3v) is 5.62. The van der Waals surface area contributed by atoms with Crippen LogP contribution in [-0.4, -0.2) is 41.4 Å². The van der Waals surface area contributed by atoms with Gasteiger partial charge in [-0.2, -0.15) is 0 Å². The summed E-state index contributed by atoms with van der Waals surface area (Å²) >= 11 is 5.76. The Balaban J connectivity index is 1.77. The minimum Gasteiger partial charge on any atom is -0.495 e. The number of rotatable bonds is 7. The number of thiocarbonyl (C=S) groups is 1. The van der Waals surface area contributed by atoms with Gasteiger partial charge in [0.15, 0.2) is 5.11 Å². The molecule has 0 radical (unpaired) electrons. The molecule has 1 aromatic carbocycles. The smallest absolute Gasteiger partial charge is 0.250 e. The Labute approximate surface area is 192 Å². The number of carbonyl (C=O) groups is 1. The zero-order chi connectivity index (χ0) is 22.7. The molecule has 4 rings (SSSR count). The first-order valence-corrected chi connectivity index (χ1v) is 10.5. The molecule has 32 heavy (non-hydrogen) atoms. The zero-order valence-electron chi connectivity index (χ0n) is 18.1. The van der Waals surface area contributed by atoms with Crippen LogP contribution < -0.4 is 20.3 Å². The van der Waals surface area contributed by atoms with Crippen molar-refractivity contribution in [3.05, 3.63) is 72.3 Å².